The molecule has 0 radical (unpaired) electrons. The Morgan fingerprint density at radius 3 is 2.03 bits per heavy atom. The van der Waals surface area contributed by atoms with Gasteiger partial charge in [-0.25, -0.2) is 0 Å². The molecule has 0 aliphatic heterocycles. The second-order valence-electron chi connectivity index (χ2n) is 10.5. The van der Waals surface area contributed by atoms with Gasteiger partial charge in [-0.15, -0.1) is 6.89 Å². The Kier molecular flexibility index (Phi) is 10.5. The van der Waals surface area contributed by atoms with Crippen LogP contribution in [0.15, 0.2) is 30.3 Å². The highest BCUT2D eigenvalue weighted by molar-refractivity contribution is 7.76. The molecule has 2 aliphatic rings. The Hall–Kier alpha value is -1.34. The van der Waals surface area contributed by atoms with E-state index in [2.05, 4.69) is 51.1 Å². The van der Waals surface area contributed by atoms with Gasteiger partial charge in [0.15, 0.2) is 0 Å². The first-order chi connectivity index (χ1) is 16.5. The number of ketones is 1. The van der Waals surface area contributed by atoms with Crippen molar-refractivity contribution in [2.24, 2.45) is 23.7 Å². The molecule has 4 atom stereocenters. The van der Waals surface area contributed by atoms with Crippen molar-refractivity contribution in [3.8, 4) is 0 Å². The molecule has 0 N–H and O–H groups in total. The lowest BCUT2D eigenvalue weighted by atomic mass is 9.84. The zero-order valence-electron chi connectivity index (χ0n) is 22.1. The number of fused-ring (bicyclic) bond motifs is 1. The maximum atomic E-state index is 14.2. The maximum Gasteiger partial charge on any atom is 0.310 e. The normalized spacial score (nSPS) is 24.3. The molecule has 3 rings (SSSR count). The van der Waals surface area contributed by atoms with Gasteiger partial charge in [0.25, 0.3) is 0 Å². The van der Waals surface area contributed by atoms with E-state index in [4.69, 9.17) is 4.74 Å². The number of carbonyl (C=O) groups is 2. The molecule has 3 nitrogen and oxygen atoms in total. The second-order valence-corrected chi connectivity index (χ2v) is 14.6. The number of unbranched alkanes of at least 4 members (excludes halogenated alkanes) is 3. The molecule has 0 amide bonds. The summed E-state index contributed by atoms with van der Waals surface area (Å²) >= 11 is 0. The Bertz CT molecular complexity index is 831. The van der Waals surface area contributed by atoms with E-state index in [0.29, 0.717) is 12.4 Å². The van der Waals surface area contributed by atoms with Gasteiger partial charge < -0.3 is 4.74 Å². The van der Waals surface area contributed by atoms with Crippen molar-refractivity contribution in [3.05, 3.63) is 35.9 Å². The summed E-state index contributed by atoms with van der Waals surface area (Å²) in [5, 5.41) is 1.39. The molecule has 0 spiro atoms. The van der Waals surface area contributed by atoms with Gasteiger partial charge in [-0.1, -0.05) is 76.8 Å². The quantitative estimate of drug-likeness (QED) is 0.215. The van der Waals surface area contributed by atoms with Crippen LogP contribution in [-0.2, 0) is 14.3 Å². The van der Waals surface area contributed by atoms with Gasteiger partial charge in [0, 0.05) is 5.92 Å². The molecule has 0 heterocycles. The minimum atomic E-state index is -1.61. The molecule has 34 heavy (non-hydrogen) atoms. The summed E-state index contributed by atoms with van der Waals surface area (Å²) in [5.41, 5.74) is 1.23. The van der Waals surface area contributed by atoms with Crippen LogP contribution in [0, 0.1) is 23.7 Å². The number of carbonyl (C=O) groups excluding carboxylic acids is 2. The minimum Gasteiger partial charge on any atom is -0.466 e. The average molecular weight is 487 g/mol. The van der Waals surface area contributed by atoms with Crippen LogP contribution in [0.5, 0.6) is 0 Å². The van der Waals surface area contributed by atoms with Crippen LogP contribution in [0.4, 0.5) is 0 Å². The number of esters is 1. The van der Waals surface area contributed by atoms with Crippen LogP contribution in [0.25, 0.3) is 0 Å². The number of hydrogen-bond donors (Lipinski definition) is 0. The van der Waals surface area contributed by atoms with E-state index in [1.54, 1.807) is 0 Å². The van der Waals surface area contributed by atoms with Gasteiger partial charge >= 0.3 is 5.97 Å². The van der Waals surface area contributed by atoms with E-state index >= 15 is 0 Å². The second kappa shape index (κ2) is 13.1. The van der Waals surface area contributed by atoms with Gasteiger partial charge in [-0.3, -0.25) is 9.59 Å². The number of hydrogen-bond acceptors (Lipinski definition) is 3. The van der Waals surface area contributed by atoms with Crippen molar-refractivity contribution in [2.75, 3.05) is 25.1 Å². The fraction of sp³-hybridized carbons (Fsp3) is 0.700. The molecule has 2 fully saturated rings. The third-order valence-electron chi connectivity index (χ3n) is 8.31. The highest BCUT2D eigenvalue weighted by Crippen LogP contribution is 2.59. The molecule has 2 saturated carbocycles. The topological polar surface area (TPSA) is 43.4 Å². The van der Waals surface area contributed by atoms with Crippen molar-refractivity contribution < 1.29 is 14.3 Å². The zero-order chi connectivity index (χ0) is 24.6. The number of rotatable bonds is 13. The van der Waals surface area contributed by atoms with Crippen LogP contribution in [-0.4, -0.2) is 42.1 Å². The molecule has 1 aromatic carbocycles. The lowest BCUT2D eigenvalue weighted by molar-refractivity contribution is -0.150. The average Bonchev–Trinajstić information content (AvgIpc) is 3.43. The molecule has 1 unspecified atom stereocenters. The van der Waals surface area contributed by atoms with Gasteiger partial charge in [-0.2, -0.15) is 0 Å². The summed E-state index contributed by atoms with van der Waals surface area (Å²) in [6, 6.07) is 10.7. The first kappa shape index (κ1) is 27.3. The summed E-state index contributed by atoms with van der Waals surface area (Å²) in [6.45, 7) is 7.50. The number of Topliss-reactive ketones (excluding diaryl/α,β-unsaturated/α-hetero) is 1. The minimum absolute atomic E-state index is 0.0449. The zero-order valence-corrected chi connectivity index (χ0v) is 23.0. The van der Waals surface area contributed by atoms with Crippen LogP contribution >= 0.6 is 6.89 Å². The molecule has 0 bridgehead atoms. The first-order valence-electron chi connectivity index (χ1n) is 14.0. The lowest BCUT2D eigenvalue weighted by Gasteiger charge is -2.36. The lowest BCUT2D eigenvalue weighted by Crippen LogP contribution is -2.35. The summed E-state index contributed by atoms with van der Waals surface area (Å²) in [7, 11) is 0. The summed E-state index contributed by atoms with van der Waals surface area (Å²) in [6.07, 6.45) is 13.8. The summed E-state index contributed by atoms with van der Waals surface area (Å²) < 4.78 is 5.66. The van der Waals surface area contributed by atoms with Gasteiger partial charge in [0.1, 0.15) is 5.78 Å². The molecule has 1 aromatic rings. The largest absolute Gasteiger partial charge is 0.466 e. The Morgan fingerprint density at radius 1 is 0.912 bits per heavy atom. The highest BCUT2D eigenvalue weighted by Gasteiger charge is 2.57. The fourth-order valence-corrected chi connectivity index (χ4v) is 12.5. The molecular weight excluding hydrogens is 439 g/mol. The SMILES string of the molecule is CCCCP(CCCC)(CCCC)=C(c1ccccc1)C1C(=O)[C@@H]2CCC[C@@H]2[C@H]1C(=O)OCC. The standard InChI is InChI=1S/C30H47O3P/c1-5-9-20-34(21-10-6-2,22-11-7-3)29(23-16-13-12-14-17-23)27-26(30(32)33-8-4)24-18-15-19-25(24)28(27)31/h12-14,16-17,24-27H,5-11,15,18-22H2,1-4H3/t24-,25+,26+,27?/m0/s1. The Labute approximate surface area is 208 Å². The van der Waals surface area contributed by atoms with Crippen molar-refractivity contribution in [2.45, 2.75) is 85.5 Å². The monoisotopic (exact) mass is 486 g/mol. The predicted octanol–water partition coefficient (Wildman–Crippen LogP) is 7.42. The summed E-state index contributed by atoms with van der Waals surface area (Å²) in [4.78, 5) is 27.7. The first-order valence-corrected chi connectivity index (χ1v) is 16.4. The molecule has 2 aliphatic carbocycles. The third kappa shape index (κ3) is 5.72. The highest BCUT2D eigenvalue weighted by atomic mass is 31.2. The number of benzene rings is 1. The Balaban J connectivity index is 2.30. The van der Waals surface area contributed by atoms with Crippen molar-refractivity contribution in [1.82, 2.24) is 0 Å². The van der Waals surface area contributed by atoms with E-state index in [0.717, 1.165) is 19.3 Å². The Morgan fingerprint density at radius 2 is 1.50 bits per heavy atom. The smallest absolute Gasteiger partial charge is 0.310 e. The van der Waals surface area contributed by atoms with Crippen molar-refractivity contribution in [1.29, 1.82) is 0 Å². The van der Waals surface area contributed by atoms with Crippen LogP contribution in [0.1, 0.15) is 91.0 Å². The van der Waals surface area contributed by atoms with Gasteiger partial charge in [0.05, 0.1) is 18.4 Å². The van der Waals surface area contributed by atoms with Crippen molar-refractivity contribution >= 4 is 23.9 Å². The van der Waals surface area contributed by atoms with Gasteiger partial charge in [-0.05, 0) is 74.3 Å². The van der Waals surface area contributed by atoms with E-state index in [9.17, 15) is 9.59 Å². The maximum absolute atomic E-state index is 14.2. The van der Waals surface area contributed by atoms with E-state index < -0.39 is 6.89 Å². The molecule has 0 saturated heterocycles. The van der Waals surface area contributed by atoms with E-state index in [1.807, 2.05) is 6.92 Å². The van der Waals surface area contributed by atoms with Gasteiger partial charge in [0.2, 0.25) is 0 Å². The van der Waals surface area contributed by atoms with E-state index in [-0.39, 0.29) is 29.6 Å². The predicted molar refractivity (Wildman–Crippen MR) is 146 cm³/mol. The van der Waals surface area contributed by atoms with E-state index in [1.165, 1.54) is 67.9 Å². The molecular formula is C30H47O3P. The fourth-order valence-electron chi connectivity index (χ4n) is 6.72. The third-order valence-corrected chi connectivity index (χ3v) is 13.4. The van der Waals surface area contributed by atoms with Crippen molar-refractivity contribution in [3.63, 3.8) is 0 Å². The van der Waals surface area contributed by atoms with Crippen LogP contribution in [0.3, 0.4) is 0 Å². The number of ether oxygens (including phenoxy) is 1. The molecule has 190 valence electrons. The molecule has 0 aromatic heterocycles. The summed E-state index contributed by atoms with van der Waals surface area (Å²) in [5.74, 6) is -0.129. The molecule has 4 heteroatoms. The van der Waals surface area contributed by atoms with Crippen LogP contribution < -0.4 is 0 Å². The van der Waals surface area contributed by atoms with Crippen LogP contribution in [0.2, 0.25) is 0 Å².